The van der Waals surface area contributed by atoms with E-state index in [0.29, 0.717) is 5.41 Å². The monoisotopic (exact) mass is 210 g/mol. The van der Waals surface area contributed by atoms with Crippen LogP contribution in [-0.2, 0) is 0 Å². The van der Waals surface area contributed by atoms with Crippen molar-refractivity contribution in [1.82, 2.24) is 9.80 Å². The maximum atomic E-state index is 2.70. The Hall–Kier alpha value is -0.0800. The highest BCUT2D eigenvalue weighted by Crippen LogP contribution is 2.27. The third kappa shape index (κ3) is 2.73. The largest absolute Gasteiger partial charge is 0.298 e. The van der Waals surface area contributed by atoms with Gasteiger partial charge in [0, 0.05) is 31.7 Å². The Morgan fingerprint density at radius 2 is 1.93 bits per heavy atom. The van der Waals surface area contributed by atoms with Crippen LogP contribution in [0.5, 0.6) is 0 Å². The zero-order valence-corrected chi connectivity index (χ0v) is 10.8. The normalized spacial score (nSPS) is 34.4. The molecule has 2 heterocycles. The Balaban J connectivity index is 1.95. The molecule has 2 nitrogen and oxygen atoms in total. The zero-order chi connectivity index (χ0) is 11.1. The molecule has 2 rings (SSSR count). The average molecular weight is 210 g/mol. The van der Waals surface area contributed by atoms with Gasteiger partial charge in [-0.3, -0.25) is 9.80 Å². The first kappa shape index (κ1) is 11.4. The molecule has 2 saturated heterocycles. The Bertz CT molecular complexity index is 219. The van der Waals surface area contributed by atoms with Crippen LogP contribution >= 0.6 is 0 Å². The molecule has 2 aliphatic heterocycles. The molecular formula is C13H26N2. The lowest BCUT2D eigenvalue weighted by Crippen LogP contribution is -2.56. The van der Waals surface area contributed by atoms with Crippen LogP contribution in [0.1, 0.15) is 40.5 Å². The van der Waals surface area contributed by atoms with Crippen LogP contribution in [0.2, 0.25) is 0 Å². The minimum absolute atomic E-state index is 0.440. The van der Waals surface area contributed by atoms with Gasteiger partial charge in [-0.2, -0.15) is 0 Å². The smallest absolute Gasteiger partial charge is 0.0224 e. The van der Waals surface area contributed by atoms with E-state index in [4.69, 9.17) is 0 Å². The van der Waals surface area contributed by atoms with Crippen molar-refractivity contribution in [2.45, 2.75) is 52.6 Å². The fourth-order valence-corrected chi connectivity index (χ4v) is 3.08. The first-order chi connectivity index (χ1) is 6.96. The number of fused-ring (bicyclic) bond motifs is 1. The lowest BCUT2D eigenvalue weighted by Gasteiger charge is -2.44. The molecule has 15 heavy (non-hydrogen) atoms. The molecule has 2 heteroatoms. The lowest BCUT2D eigenvalue weighted by molar-refractivity contribution is 0.0372. The van der Waals surface area contributed by atoms with Crippen LogP contribution in [0.15, 0.2) is 0 Å². The molecule has 0 aliphatic carbocycles. The summed E-state index contributed by atoms with van der Waals surface area (Å²) in [6.45, 7) is 14.6. The Kier molecular flexibility index (Phi) is 3.09. The van der Waals surface area contributed by atoms with Gasteiger partial charge in [-0.1, -0.05) is 20.8 Å². The molecule has 0 spiro atoms. The highest BCUT2D eigenvalue weighted by molar-refractivity contribution is 4.91. The molecular weight excluding hydrogens is 184 g/mol. The first-order valence-electron chi connectivity index (χ1n) is 6.44. The molecule has 0 aromatic rings. The molecule has 2 atom stereocenters. The SMILES string of the molecule is CC1CN2CCCC2CN1CC(C)(C)C. The predicted molar refractivity (Wildman–Crippen MR) is 65.1 cm³/mol. The lowest BCUT2D eigenvalue weighted by atomic mass is 9.94. The van der Waals surface area contributed by atoms with Gasteiger partial charge in [0.25, 0.3) is 0 Å². The molecule has 0 aromatic heterocycles. The van der Waals surface area contributed by atoms with Gasteiger partial charge in [0.15, 0.2) is 0 Å². The average Bonchev–Trinajstić information content (AvgIpc) is 2.49. The van der Waals surface area contributed by atoms with Gasteiger partial charge in [-0.15, -0.1) is 0 Å². The van der Waals surface area contributed by atoms with Crippen molar-refractivity contribution in [3.63, 3.8) is 0 Å². The van der Waals surface area contributed by atoms with Crippen LogP contribution in [0.25, 0.3) is 0 Å². The van der Waals surface area contributed by atoms with Crippen molar-refractivity contribution < 1.29 is 0 Å². The molecule has 0 N–H and O–H groups in total. The summed E-state index contributed by atoms with van der Waals surface area (Å²) in [4.78, 5) is 5.40. The third-order valence-electron chi connectivity index (χ3n) is 3.74. The minimum Gasteiger partial charge on any atom is -0.298 e. The van der Waals surface area contributed by atoms with E-state index in [0.717, 1.165) is 12.1 Å². The van der Waals surface area contributed by atoms with Crippen LogP contribution < -0.4 is 0 Å². The maximum absolute atomic E-state index is 2.70. The molecule has 0 radical (unpaired) electrons. The standard InChI is InChI=1S/C13H26N2/c1-11-8-14-7-5-6-12(14)9-15(11)10-13(2,3)4/h11-12H,5-10H2,1-4H3. The van der Waals surface area contributed by atoms with E-state index in [1.165, 1.54) is 39.0 Å². The molecule has 0 aromatic carbocycles. The second-order valence-electron chi connectivity index (χ2n) is 6.63. The molecule has 2 fully saturated rings. The Labute approximate surface area is 94.6 Å². The fraction of sp³-hybridized carbons (Fsp3) is 1.00. The third-order valence-corrected chi connectivity index (χ3v) is 3.74. The second-order valence-corrected chi connectivity index (χ2v) is 6.63. The van der Waals surface area contributed by atoms with Gasteiger partial charge >= 0.3 is 0 Å². The van der Waals surface area contributed by atoms with Gasteiger partial charge in [-0.05, 0) is 31.7 Å². The first-order valence-corrected chi connectivity index (χ1v) is 6.44. The summed E-state index contributed by atoms with van der Waals surface area (Å²) in [7, 11) is 0. The van der Waals surface area contributed by atoms with Gasteiger partial charge < -0.3 is 0 Å². The van der Waals surface area contributed by atoms with Crippen molar-refractivity contribution in [3.8, 4) is 0 Å². The molecule has 0 saturated carbocycles. The van der Waals surface area contributed by atoms with E-state index in [1.54, 1.807) is 0 Å². The van der Waals surface area contributed by atoms with E-state index in [1.807, 2.05) is 0 Å². The van der Waals surface area contributed by atoms with E-state index in [9.17, 15) is 0 Å². The van der Waals surface area contributed by atoms with Crippen LogP contribution in [0.3, 0.4) is 0 Å². The van der Waals surface area contributed by atoms with Crippen molar-refractivity contribution >= 4 is 0 Å². The summed E-state index contributed by atoms with van der Waals surface area (Å²) in [5.74, 6) is 0. The predicted octanol–water partition coefficient (Wildman–Crippen LogP) is 2.20. The number of rotatable bonds is 1. The fourth-order valence-electron chi connectivity index (χ4n) is 3.08. The van der Waals surface area contributed by atoms with E-state index in [2.05, 4.69) is 37.5 Å². The number of hydrogen-bond donors (Lipinski definition) is 0. The van der Waals surface area contributed by atoms with Crippen molar-refractivity contribution in [1.29, 1.82) is 0 Å². The van der Waals surface area contributed by atoms with Gasteiger partial charge in [0.2, 0.25) is 0 Å². The van der Waals surface area contributed by atoms with Gasteiger partial charge in [-0.25, -0.2) is 0 Å². The Morgan fingerprint density at radius 1 is 1.20 bits per heavy atom. The maximum Gasteiger partial charge on any atom is 0.0224 e. The van der Waals surface area contributed by atoms with Crippen LogP contribution in [0, 0.1) is 5.41 Å². The molecule has 0 bridgehead atoms. The van der Waals surface area contributed by atoms with Crippen molar-refractivity contribution in [3.05, 3.63) is 0 Å². The van der Waals surface area contributed by atoms with Gasteiger partial charge in [0.05, 0.1) is 0 Å². The van der Waals surface area contributed by atoms with Crippen LogP contribution in [0.4, 0.5) is 0 Å². The molecule has 0 amide bonds. The van der Waals surface area contributed by atoms with E-state index in [-0.39, 0.29) is 0 Å². The Morgan fingerprint density at radius 3 is 2.60 bits per heavy atom. The summed E-state index contributed by atoms with van der Waals surface area (Å²) < 4.78 is 0. The van der Waals surface area contributed by atoms with E-state index >= 15 is 0 Å². The van der Waals surface area contributed by atoms with Crippen molar-refractivity contribution in [2.75, 3.05) is 26.2 Å². The van der Waals surface area contributed by atoms with Crippen LogP contribution in [-0.4, -0.2) is 48.1 Å². The topological polar surface area (TPSA) is 6.48 Å². The quantitative estimate of drug-likeness (QED) is 0.654. The summed E-state index contributed by atoms with van der Waals surface area (Å²) >= 11 is 0. The molecule has 2 unspecified atom stereocenters. The second kappa shape index (κ2) is 4.06. The van der Waals surface area contributed by atoms with E-state index < -0.39 is 0 Å². The van der Waals surface area contributed by atoms with Crippen molar-refractivity contribution in [2.24, 2.45) is 5.41 Å². The summed E-state index contributed by atoms with van der Waals surface area (Å²) in [5, 5.41) is 0. The number of hydrogen-bond acceptors (Lipinski definition) is 2. The van der Waals surface area contributed by atoms with Gasteiger partial charge in [0.1, 0.15) is 0 Å². The summed E-state index contributed by atoms with van der Waals surface area (Å²) in [6.07, 6.45) is 2.84. The zero-order valence-electron chi connectivity index (χ0n) is 10.8. The minimum atomic E-state index is 0.440. The molecule has 2 aliphatic rings. The number of nitrogens with zero attached hydrogens (tertiary/aromatic N) is 2. The molecule has 88 valence electrons. The summed E-state index contributed by atoms with van der Waals surface area (Å²) in [5.41, 5.74) is 0.440. The number of piperazine rings is 1. The summed E-state index contributed by atoms with van der Waals surface area (Å²) in [6, 6.07) is 1.61. The highest BCUT2D eigenvalue weighted by Gasteiger charge is 2.35. The highest BCUT2D eigenvalue weighted by atomic mass is 15.3.